The van der Waals surface area contributed by atoms with Gasteiger partial charge >= 0.3 is 0 Å². The standard InChI is InChI=1S/C18H17N5S/c1-11-3-4-15(24-11)16-14-8-23(2)6-5-12(14)13(7-19)17(22)18(16,9-20)10-21/h3-5,13-14,16,22H,6,8H2,1-2H3/t13-,14-,16-/m1/s1. The lowest BCUT2D eigenvalue weighted by Gasteiger charge is -2.46. The van der Waals surface area contributed by atoms with Gasteiger partial charge in [-0.2, -0.15) is 15.8 Å². The molecule has 0 radical (unpaired) electrons. The normalized spacial score (nSPS) is 28.9. The van der Waals surface area contributed by atoms with Crippen molar-refractivity contribution in [2.75, 3.05) is 20.1 Å². The Morgan fingerprint density at radius 3 is 2.54 bits per heavy atom. The van der Waals surface area contributed by atoms with Crippen molar-refractivity contribution in [2.45, 2.75) is 12.8 Å². The molecule has 1 aromatic rings. The van der Waals surface area contributed by atoms with E-state index in [9.17, 15) is 15.8 Å². The van der Waals surface area contributed by atoms with E-state index < -0.39 is 17.3 Å². The molecule has 3 rings (SSSR count). The van der Waals surface area contributed by atoms with Gasteiger partial charge in [-0.1, -0.05) is 6.08 Å². The Morgan fingerprint density at radius 2 is 2.00 bits per heavy atom. The van der Waals surface area contributed by atoms with E-state index in [1.807, 2.05) is 32.2 Å². The summed E-state index contributed by atoms with van der Waals surface area (Å²) in [5.41, 5.74) is -0.756. The summed E-state index contributed by atoms with van der Waals surface area (Å²) in [4.78, 5) is 4.19. The van der Waals surface area contributed by atoms with E-state index in [0.717, 1.165) is 21.9 Å². The Balaban J connectivity index is 2.26. The molecule has 1 fully saturated rings. The van der Waals surface area contributed by atoms with Crippen molar-refractivity contribution in [3.63, 3.8) is 0 Å². The molecule has 1 aliphatic carbocycles. The first-order valence-electron chi connectivity index (χ1n) is 7.74. The van der Waals surface area contributed by atoms with Crippen LogP contribution in [-0.2, 0) is 0 Å². The Bertz CT molecular complexity index is 830. The number of rotatable bonds is 1. The van der Waals surface area contributed by atoms with Gasteiger partial charge in [-0.3, -0.25) is 0 Å². The summed E-state index contributed by atoms with van der Waals surface area (Å²) in [6.07, 6.45) is 2.00. The Labute approximate surface area is 145 Å². The van der Waals surface area contributed by atoms with Crippen LogP contribution in [0.5, 0.6) is 0 Å². The Hall–Kier alpha value is -2.46. The van der Waals surface area contributed by atoms with E-state index in [1.165, 1.54) is 0 Å². The molecule has 0 amide bonds. The summed E-state index contributed by atoms with van der Waals surface area (Å²) in [5.74, 6) is -1.28. The van der Waals surface area contributed by atoms with Crippen molar-refractivity contribution in [3.8, 4) is 18.2 Å². The van der Waals surface area contributed by atoms with Crippen molar-refractivity contribution in [2.24, 2.45) is 17.3 Å². The third-order valence-electron chi connectivity index (χ3n) is 5.04. The third kappa shape index (κ3) is 2.18. The number of nitrogens with one attached hydrogen (secondary N) is 1. The highest BCUT2D eigenvalue weighted by molar-refractivity contribution is 7.12. The monoisotopic (exact) mass is 335 g/mol. The van der Waals surface area contributed by atoms with E-state index >= 15 is 0 Å². The number of fused-ring (bicyclic) bond motifs is 1. The average Bonchev–Trinajstić information content (AvgIpc) is 3.00. The molecular formula is C18H17N5S. The predicted octanol–water partition coefficient (Wildman–Crippen LogP) is 2.83. The number of hydrogen-bond donors (Lipinski definition) is 1. The van der Waals surface area contributed by atoms with Crippen LogP contribution >= 0.6 is 11.3 Å². The van der Waals surface area contributed by atoms with Crippen LogP contribution in [0.3, 0.4) is 0 Å². The number of nitriles is 3. The van der Waals surface area contributed by atoms with Crippen molar-refractivity contribution in [1.82, 2.24) is 4.90 Å². The lowest BCUT2D eigenvalue weighted by atomic mass is 9.55. The van der Waals surface area contributed by atoms with Crippen molar-refractivity contribution >= 4 is 17.0 Å². The number of nitrogens with zero attached hydrogens (tertiary/aromatic N) is 4. The van der Waals surface area contributed by atoms with Crippen LogP contribution in [0.4, 0.5) is 0 Å². The molecule has 0 bridgehead atoms. The van der Waals surface area contributed by atoms with Crippen LogP contribution in [0, 0.1) is 63.6 Å². The van der Waals surface area contributed by atoms with E-state index in [-0.39, 0.29) is 11.6 Å². The second kappa shape index (κ2) is 5.87. The zero-order valence-corrected chi connectivity index (χ0v) is 14.4. The number of hydrogen-bond acceptors (Lipinski definition) is 6. The zero-order chi connectivity index (χ0) is 17.5. The molecular weight excluding hydrogens is 318 g/mol. The highest BCUT2D eigenvalue weighted by atomic mass is 32.1. The zero-order valence-electron chi connectivity index (χ0n) is 13.6. The summed E-state index contributed by atoms with van der Waals surface area (Å²) in [5, 5.41) is 37.8. The van der Waals surface area contributed by atoms with Crippen molar-refractivity contribution < 1.29 is 0 Å². The van der Waals surface area contributed by atoms with Crippen molar-refractivity contribution in [3.05, 3.63) is 33.5 Å². The quantitative estimate of drug-likeness (QED) is 0.798. The third-order valence-corrected chi connectivity index (χ3v) is 6.12. The van der Waals surface area contributed by atoms with Gasteiger partial charge in [-0.05, 0) is 31.7 Å². The van der Waals surface area contributed by atoms with E-state index in [4.69, 9.17) is 5.41 Å². The molecule has 0 saturated heterocycles. The smallest absolute Gasteiger partial charge is 0.190 e. The van der Waals surface area contributed by atoms with Gasteiger partial charge in [0.2, 0.25) is 0 Å². The molecule has 2 heterocycles. The molecule has 1 aliphatic heterocycles. The lowest BCUT2D eigenvalue weighted by molar-refractivity contribution is 0.237. The minimum absolute atomic E-state index is 0.0712. The molecule has 0 unspecified atom stereocenters. The fourth-order valence-corrected chi connectivity index (χ4v) is 4.99. The highest BCUT2D eigenvalue weighted by Crippen LogP contribution is 2.54. The summed E-state index contributed by atoms with van der Waals surface area (Å²) >= 11 is 1.57. The summed E-state index contributed by atoms with van der Waals surface area (Å²) < 4.78 is 0. The molecule has 0 aromatic carbocycles. The maximum Gasteiger partial charge on any atom is 0.190 e. The molecule has 1 aromatic heterocycles. The molecule has 6 heteroatoms. The van der Waals surface area contributed by atoms with Gasteiger partial charge in [-0.25, -0.2) is 0 Å². The molecule has 3 atom stereocenters. The maximum atomic E-state index is 9.87. The number of aryl methyl sites for hydroxylation is 1. The summed E-state index contributed by atoms with van der Waals surface area (Å²) in [7, 11) is 1.99. The van der Waals surface area contributed by atoms with Gasteiger partial charge in [0.25, 0.3) is 0 Å². The maximum absolute atomic E-state index is 9.87. The Kier molecular flexibility index (Phi) is 4.01. The minimum Gasteiger partial charge on any atom is -0.305 e. The van der Waals surface area contributed by atoms with Gasteiger partial charge in [0.1, 0.15) is 5.92 Å². The molecule has 2 aliphatic rings. The van der Waals surface area contributed by atoms with Gasteiger partial charge in [0.15, 0.2) is 5.41 Å². The summed E-state index contributed by atoms with van der Waals surface area (Å²) in [6, 6.07) is 10.3. The second-order valence-corrected chi connectivity index (χ2v) is 7.78. The van der Waals surface area contributed by atoms with Crippen molar-refractivity contribution in [1.29, 1.82) is 21.2 Å². The lowest BCUT2D eigenvalue weighted by Crippen LogP contribution is -2.52. The van der Waals surface area contributed by atoms with Gasteiger partial charge in [-0.15, -0.1) is 11.3 Å². The van der Waals surface area contributed by atoms with Crippen LogP contribution in [0.2, 0.25) is 0 Å². The van der Waals surface area contributed by atoms with Crippen LogP contribution in [-0.4, -0.2) is 30.7 Å². The Morgan fingerprint density at radius 1 is 1.29 bits per heavy atom. The minimum atomic E-state index is -1.59. The summed E-state index contributed by atoms with van der Waals surface area (Å²) in [6.45, 7) is 3.40. The average molecular weight is 335 g/mol. The first kappa shape index (κ1) is 16.4. The highest BCUT2D eigenvalue weighted by Gasteiger charge is 2.57. The predicted molar refractivity (Wildman–Crippen MR) is 91.4 cm³/mol. The molecule has 0 spiro atoms. The van der Waals surface area contributed by atoms with E-state index in [2.05, 4.69) is 23.1 Å². The van der Waals surface area contributed by atoms with Gasteiger partial charge in [0, 0.05) is 34.7 Å². The van der Waals surface area contributed by atoms with Gasteiger partial charge < -0.3 is 10.3 Å². The molecule has 120 valence electrons. The molecule has 24 heavy (non-hydrogen) atoms. The first-order valence-corrected chi connectivity index (χ1v) is 8.56. The van der Waals surface area contributed by atoms with Crippen LogP contribution < -0.4 is 0 Å². The van der Waals surface area contributed by atoms with Crippen LogP contribution in [0.1, 0.15) is 15.7 Å². The fourth-order valence-electron chi connectivity index (χ4n) is 3.88. The molecule has 5 nitrogen and oxygen atoms in total. The topological polar surface area (TPSA) is 98.5 Å². The van der Waals surface area contributed by atoms with E-state index in [0.29, 0.717) is 6.54 Å². The fraction of sp³-hybridized carbons (Fsp3) is 0.444. The first-order chi connectivity index (χ1) is 11.5. The number of likely N-dealkylation sites (N-methyl/N-ethyl adjacent to an activating group) is 1. The SMILES string of the molecule is Cc1ccc([C@H]2[C@@H]3CN(C)CC=C3[C@@H](C#N)C(=N)C2(C#N)C#N)s1. The second-order valence-electron chi connectivity index (χ2n) is 6.47. The van der Waals surface area contributed by atoms with Crippen LogP contribution in [0.25, 0.3) is 0 Å². The van der Waals surface area contributed by atoms with E-state index in [1.54, 1.807) is 11.3 Å². The molecule has 1 saturated carbocycles. The van der Waals surface area contributed by atoms with Gasteiger partial charge in [0.05, 0.1) is 23.9 Å². The number of thiophene rings is 1. The largest absolute Gasteiger partial charge is 0.305 e. The van der Waals surface area contributed by atoms with Crippen LogP contribution in [0.15, 0.2) is 23.8 Å². The molecule has 1 N–H and O–H groups in total.